The van der Waals surface area contributed by atoms with Gasteiger partial charge in [-0.3, -0.25) is 0 Å². The summed E-state index contributed by atoms with van der Waals surface area (Å²) >= 11 is 12.3. The molecule has 0 aliphatic rings. The van der Waals surface area contributed by atoms with Crippen LogP contribution in [-0.4, -0.2) is 7.11 Å². The minimum atomic E-state index is -0.125. The van der Waals surface area contributed by atoms with Crippen molar-refractivity contribution in [3.05, 3.63) is 57.6 Å². The molecule has 21 heavy (non-hydrogen) atoms. The van der Waals surface area contributed by atoms with Gasteiger partial charge in [-0.2, -0.15) is 5.26 Å². The van der Waals surface area contributed by atoms with Gasteiger partial charge in [-0.05, 0) is 30.7 Å². The van der Waals surface area contributed by atoms with E-state index < -0.39 is 0 Å². The predicted octanol–water partition coefficient (Wildman–Crippen LogP) is 5.05. The number of methoxy groups -OCH3 is 1. The third-order valence-corrected chi connectivity index (χ3v) is 4.01. The van der Waals surface area contributed by atoms with Gasteiger partial charge in [-0.25, -0.2) is 0 Å². The van der Waals surface area contributed by atoms with Crippen molar-refractivity contribution in [3.8, 4) is 11.8 Å². The first-order valence-corrected chi connectivity index (χ1v) is 7.11. The van der Waals surface area contributed by atoms with E-state index in [1.807, 2.05) is 19.1 Å². The maximum absolute atomic E-state index is 9.23. The van der Waals surface area contributed by atoms with Crippen LogP contribution in [0.15, 0.2) is 36.4 Å². The Morgan fingerprint density at radius 2 is 1.90 bits per heavy atom. The van der Waals surface area contributed by atoms with Gasteiger partial charge in [-0.1, -0.05) is 41.4 Å². The number of rotatable bonds is 4. The van der Waals surface area contributed by atoms with E-state index >= 15 is 0 Å². The quantitative estimate of drug-likeness (QED) is 0.857. The summed E-state index contributed by atoms with van der Waals surface area (Å²) in [5.41, 5.74) is 2.02. The highest BCUT2D eigenvalue weighted by molar-refractivity contribution is 6.42. The Morgan fingerprint density at radius 3 is 2.57 bits per heavy atom. The highest BCUT2D eigenvalue weighted by atomic mass is 35.5. The summed E-state index contributed by atoms with van der Waals surface area (Å²) in [6, 6.07) is 12.8. The zero-order valence-electron chi connectivity index (χ0n) is 11.7. The molecule has 0 radical (unpaired) electrons. The number of hydrogen-bond acceptors (Lipinski definition) is 3. The summed E-state index contributed by atoms with van der Waals surface area (Å²) in [7, 11) is 1.57. The monoisotopic (exact) mass is 320 g/mol. The number of nitrogens with zero attached hydrogens (tertiary/aromatic N) is 1. The molecule has 2 rings (SSSR count). The average Bonchev–Trinajstić information content (AvgIpc) is 2.50. The van der Waals surface area contributed by atoms with Crippen LogP contribution < -0.4 is 10.1 Å². The summed E-state index contributed by atoms with van der Waals surface area (Å²) in [6.45, 7) is 1.95. The Kier molecular flexibility index (Phi) is 4.95. The predicted molar refractivity (Wildman–Crippen MR) is 86.2 cm³/mol. The lowest BCUT2D eigenvalue weighted by Gasteiger charge is -2.20. The van der Waals surface area contributed by atoms with E-state index in [4.69, 9.17) is 27.9 Å². The van der Waals surface area contributed by atoms with E-state index in [1.54, 1.807) is 31.4 Å². The van der Waals surface area contributed by atoms with Crippen molar-refractivity contribution < 1.29 is 4.74 Å². The van der Waals surface area contributed by atoms with E-state index in [2.05, 4.69) is 11.4 Å². The number of halogens is 2. The molecule has 0 saturated carbocycles. The van der Waals surface area contributed by atoms with Crippen LogP contribution in [-0.2, 0) is 0 Å². The molecule has 108 valence electrons. The number of nitrogens with one attached hydrogen (secondary N) is 1. The van der Waals surface area contributed by atoms with Crippen LogP contribution in [0.3, 0.4) is 0 Å². The number of anilines is 1. The molecule has 0 aromatic heterocycles. The normalized spacial score (nSPS) is 11.6. The van der Waals surface area contributed by atoms with Crippen LogP contribution in [0.1, 0.15) is 24.1 Å². The number of benzene rings is 2. The lowest BCUT2D eigenvalue weighted by atomic mass is 10.1. The Labute approximate surface area is 134 Å². The molecule has 0 fully saturated rings. The molecule has 1 N–H and O–H groups in total. The lowest BCUT2D eigenvalue weighted by molar-refractivity contribution is 0.416. The number of ether oxygens (including phenoxy) is 1. The molecule has 5 heteroatoms. The van der Waals surface area contributed by atoms with Gasteiger partial charge in [0.1, 0.15) is 11.8 Å². The highest BCUT2D eigenvalue weighted by Gasteiger charge is 2.16. The maximum Gasteiger partial charge on any atom is 0.143 e. The largest absolute Gasteiger partial charge is 0.495 e. The molecule has 1 atom stereocenters. The van der Waals surface area contributed by atoms with Crippen LogP contribution in [0.25, 0.3) is 0 Å². The summed E-state index contributed by atoms with van der Waals surface area (Å²) in [6.07, 6.45) is 0. The van der Waals surface area contributed by atoms with Crippen LogP contribution in [0.4, 0.5) is 5.69 Å². The summed E-state index contributed by atoms with van der Waals surface area (Å²) in [5.74, 6) is 0.610. The number of para-hydroxylation sites is 1. The molecule has 2 aromatic rings. The van der Waals surface area contributed by atoms with Gasteiger partial charge >= 0.3 is 0 Å². The first kappa shape index (κ1) is 15.5. The second-order valence-corrected chi connectivity index (χ2v) is 5.29. The number of nitriles is 1. The number of hydrogen-bond donors (Lipinski definition) is 1. The third-order valence-electron chi connectivity index (χ3n) is 3.18. The Balaban J connectivity index is 2.38. The zero-order valence-corrected chi connectivity index (χ0v) is 13.2. The van der Waals surface area contributed by atoms with Crippen molar-refractivity contribution in [3.63, 3.8) is 0 Å². The smallest absolute Gasteiger partial charge is 0.143 e. The molecule has 0 amide bonds. The average molecular weight is 321 g/mol. The van der Waals surface area contributed by atoms with E-state index in [9.17, 15) is 5.26 Å². The van der Waals surface area contributed by atoms with Crippen molar-refractivity contribution in [1.82, 2.24) is 0 Å². The van der Waals surface area contributed by atoms with Crippen molar-refractivity contribution in [2.24, 2.45) is 0 Å². The molecule has 0 heterocycles. The first-order valence-electron chi connectivity index (χ1n) is 6.36. The fourth-order valence-corrected chi connectivity index (χ4v) is 2.56. The van der Waals surface area contributed by atoms with Crippen molar-refractivity contribution in [2.45, 2.75) is 13.0 Å². The van der Waals surface area contributed by atoms with Crippen LogP contribution in [0, 0.1) is 11.3 Å². The first-order chi connectivity index (χ1) is 10.1. The Bertz CT molecular complexity index is 695. The van der Waals surface area contributed by atoms with Gasteiger partial charge in [0.25, 0.3) is 0 Å². The fourth-order valence-electron chi connectivity index (χ4n) is 2.09. The van der Waals surface area contributed by atoms with Gasteiger partial charge in [0.2, 0.25) is 0 Å². The zero-order chi connectivity index (χ0) is 15.4. The second-order valence-electron chi connectivity index (χ2n) is 4.50. The summed E-state index contributed by atoms with van der Waals surface area (Å²) in [5, 5.41) is 13.5. The Hall–Kier alpha value is -1.89. The standard InChI is InChI=1S/C16H14Cl2N2O/c1-10(12-6-4-7-13(17)15(12)18)20-16-11(9-19)5-3-8-14(16)21-2/h3-8,10,20H,1-2H3. The van der Waals surface area contributed by atoms with E-state index in [0.717, 1.165) is 5.56 Å². The van der Waals surface area contributed by atoms with Crippen LogP contribution >= 0.6 is 23.2 Å². The minimum absolute atomic E-state index is 0.125. The molecular weight excluding hydrogens is 307 g/mol. The van der Waals surface area contributed by atoms with Gasteiger partial charge < -0.3 is 10.1 Å². The molecular formula is C16H14Cl2N2O. The fraction of sp³-hybridized carbons (Fsp3) is 0.188. The molecule has 3 nitrogen and oxygen atoms in total. The summed E-state index contributed by atoms with van der Waals surface area (Å²) in [4.78, 5) is 0. The van der Waals surface area contributed by atoms with Gasteiger partial charge in [0.05, 0.1) is 34.4 Å². The lowest BCUT2D eigenvalue weighted by Crippen LogP contribution is -2.09. The van der Waals surface area contributed by atoms with Gasteiger partial charge in [0, 0.05) is 0 Å². The molecule has 0 bridgehead atoms. The van der Waals surface area contributed by atoms with E-state index in [0.29, 0.717) is 27.0 Å². The molecule has 1 unspecified atom stereocenters. The van der Waals surface area contributed by atoms with Gasteiger partial charge in [0.15, 0.2) is 0 Å². The van der Waals surface area contributed by atoms with Crippen LogP contribution in [0.5, 0.6) is 5.75 Å². The SMILES string of the molecule is COc1cccc(C#N)c1NC(C)c1cccc(Cl)c1Cl. The highest BCUT2D eigenvalue weighted by Crippen LogP contribution is 2.35. The second kappa shape index (κ2) is 6.71. The maximum atomic E-state index is 9.23. The minimum Gasteiger partial charge on any atom is -0.495 e. The van der Waals surface area contributed by atoms with Crippen molar-refractivity contribution in [2.75, 3.05) is 12.4 Å². The molecule has 0 aliphatic heterocycles. The van der Waals surface area contributed by atoms with E-state index in [1.165, 1.54) is 0 Å². The molecule has 0 saturated heterocycles. The van der Waals surface area contributed by atoms with Gasteiger partial charge in [-0.15, -0.1) is 0 Å². The summed E-state index contributed by atoms with van der Waals surface area (Å²) < 4.78 is 5.31. The van der Waals surface area contributed by atoms with Crippen molar-refractivity contribution >= 4 is 28.9 Å². The molecule has 0 aliphatic carbocycles. The molecule has 2 aromatic carbocycles. The van der Waals surface area contributed by atoms with E-state index in [-0.39, 0.29) is 6.04 Å². The van der Waals surface area contributed by atoms with Crippen LogP contribution in [0.2, 0.25) is 10.0 Å². The third kappa shape index (κ3) is 3.24. The Morgan fingerprint density at radius 1 is 1.19 bits per heavy atom. The topological polar surface area (TPSA) is 45.0 Å². The van der Waals surface area contributed by atoms with Crippen molar-refractivity contribution in [1.29, 1.82) is 5.26 Å². The molecule has 0 spiro atoms.